The molecule has 0 amide bonds. The van der Waals surface area contributed by atoms with Crippen LogP contribution in [0.2, 0.25) is 0 Å². The summed E-state index contributed by atoms with van der Waals surface area (Å²) in [6, 6.07) is 3.88. The lowest BCUT2D eigenvalue weighted by molar-refractivity contribution is 0.577. The molecule has 0 bridgehead atoms. The number of nitrogens with one attached hydrogen (secondary N) is 1. The molecule has 0 aromatic heterocycles. The molecule has 1 heterocycles. The molecule has 0 radical (unpaired) electrons. The van der Waals surface area contributed by atoms with Crippen molar-refractivity contribution in [1.82, 2.24) is 5.32 Å². The molecule has 2 heteroatoms. The normalized spacial score (nSPS) is 21.5. The van der Waals surface area contributed by atoms with E-state index < -0.39 is 0 Å². The van der Waals surface area contributed by atoms with E-state index >= 15 is 0 Å². The van der Waals surface area contributed by atoms with E-state index in [1.54, 1.807) is 0 Å². The van der Waals surface area contributed by atoms with Crippen molar-refractivity contribution in [3.05, 3.63) is 34.6 Å². The number of aryl methyl sites for hydroxylation is 2. The molecular formula is C12H16FN. The largest absolute Gasteiger partial charge is 0.316 e. The summed E-state index contributed by atoms with van der Waals surface area (Å²) in [5, 5.41) is 3.28. The van der Waals surface area contributed by atoms with Crippen molar-refractivity contribution in [3.8, 4) is 0 Å². The summed E-state index contributed by atoms with van der Waals surface area (Å²) in [7, 11) is 0. The molecule has 1 fully saturated rings. The maximum Gasteiger partial charge on any atom is 0.129 e. The Hall–Kier alpha value is -0.890. The Morgan fingerprint density at radius 2 is 2.00 bits per heavy atom. The highest BCUT2D eigenvalue weighted by atomic mass is 19.1. The van der Waals surface area contributed by atoms with E-state index in [0.29, 0.717) is 5.92 Å². The second kappa shape index (κ2) is 3.70. The zero-order valence-electron chi connectivity index (χ0n) is 8.73. The molecule has 1 aromatic carbocycles. The highest BCUT2D eigenvalue weighted by Crippen LogP contribution is 2.29. The van der Waals surface area contributed by atoms with Crippen LogP contribution >= 0.6 is 0 Å². The lowest BCUT2D eigenvalue weighted by Crippen LogP contribution is -2.10. The van der Waals surface area contributed by atoms with Crippen molar-refractivity contribution < 1.29 is 4.39 Å². The van der Waals surface area contributed by atoms with Gasteiger partial charge in [0.1, 0.15) is 5.82 Å². The summed E-state index contributed by atoms with van der Waals surface area (Å²) < 4.78 is 13.9. The fourth-order valence-corrected chi connectivity index (χ4v) is 2.20. The van der Waals surface area contributed by atoms with E-state index in [2.05, 4.69) is 5.32 Å². The van der Waals surface area contributed by atoms with Crippen LogP contribution in [0, 0.1) is 19.7 Å². The van der Waals surface area contributed by atoms with Crippen LogP contribution in [-0.2, 0) is 0 Å². The molecule has 0 saturated carbocycles. The van der Waals surface area contributed by atoms with Crippen LogP contribution in [0.4, 0.5) is 4.39 Å². The van der Waals surface area contributed by atoms with Crippen molar-refractivity contribution in [2.24, 2.45) is 0 Å². The highest BCUT2D eigenvalue weighted by Gasteiger charge is 2.22. The second-order valence-corrected chi connectivity index (χ2v) is 4.12. The SMILES string of the molecule is Cc1ccc(C)c(C2CCNC2)c1F. The Balaban J connectivity index is 2.44. The van der Waals surface area contributed by atoms with Gasteiger partial charge in [-0.25, -0.2) is 4.39 Å². The molecule has 1 aliphatic heterocycles. The van der Waals surface area contributed by atoms with Crippen LogP contribution in [0.5, 0.6) is 0 Å². The Morgan fingerprint density at radius 1 is 1.29 bits per heavy atom. The first-order chi connectivity index (χ1) is 6.70. The van der Waals surface area contributed by atoms with E-state index in [-0.39, 0.29) is 5.82 Å². The van der Waals surface area contributed by atoms with Crippen LogP contribution in [0.1, 0.15) is 29.0 Å². The minimum absolute atomic E-state index is 0.00120. The Morgan fingerprint density at radius 3 is 2.64 bits per heavy atom. The van der Waals surface area contributed by atoms with Gasteiger partial charge in [0.25, 0.3) is 0 Å². The number of hydrogen-bond donors (Lipinski definition) is 1. The molecule has 0 spiro atoms. The molecule has 76 valence electrons. The van der Waals surface area contributed by atoms with Gasteiger partial charge >= 0.3 is 0 Å². The van der Waals surface area contributed by atoms with E-state index in [4.69, 9.17) is 0 Å². The van der Waals surface area contributed by atoms with Crippen LogP contribution in [0.15, 0.2) is 12.1 Å². The van der Waals surface area contributed by atoms with Gasteiger partial charge in [0.15, 0.2) is 0 Å². The maximum atomic E-state index is 13.9. The van der Waals surface area contributed by atoms with Crippen molar-refractivity contribution in [2.75, 3.05) is 13.1 Å². The van der Waals surface area contributed by atoms with E-state index in [1.165, 1.54) is 0 Å². The first-order valence-electron chi connectivity index (χ1n) is 5.16. The van der Waals surface area contributed by atoms with Crippen LogP contribution < -0.4 is 5.32 Å². The lowest BCUT2D eigenvalue weighted by Gasteiger charge is -2.14. The van der Waals surface area contributed by atoms with Crippen molar-refractivity contribution in [3.63, 3.8) is 0 Å². The minimum atomic E-state index is -0.00120. The van der Waals surface area contributed by atoms with Gasteiger partial charge in [-0.1, -0.05) is 12.1 Å². The molecule has 1 saturated heterocycles. The number of hydrogen-bond acceptors (Lipinski definition) is 1. The minimum Gasteiger partial charge on any atom is -0.316 e. The van der Waals surface area contributed by atoms with Crippen LogP contribution in [0.25, 0.3) is 0 Å². The van der Waals surface area contributed by atoms with Crippen LogP contribution in [-0.4, -0.2) is 13.1 Å². The quantitative estimate of drug-likeness (QED) is 0.722. The number of rotatable bonds is 1. The van der Waals surface area contributed by atoms with Gasteiger partial charge < -0.3 is 5.32 Å². The van der Waals surface area contributed by atoms with Gasteiger partial charge in [-0.3, -0.25) is 0 Å². The van der Waals surface area contributed by atoms with Crippen molar-refractivity contribution in [2.45, 2.75) is 26.2 Å². The molecular weight excluding hydrogens is 177 g/mol. The third kappa shape index (κ3) is 1.55. The number of halogens is 1. The van der Waals surface area contributed by atoms with Gasteiger partial charge in [-0.15, -0.1) is 0 Å². The molecule has 2 rings (SSSR count). The van der Waals surface area contributed by atoms with E-state index in [1.807, 2.05) is 26.0 Å². The molecule has 1 aliphatic rings. The van der Waals surface area contributed by atoms with Crippen molar-refractivity contribution >= 4 is 0 Å². The second-order valence-electron chi connectivity index (χ2n) is 4.12. The fourth-order valence-electron chi connectivity index (χ4n) is 2.20. The fraction of sp³-hybridized carbons (Fsp3) is 0.500. The van der Waals surface area contributed by atoms with Gasteiger partial charge in [0.05, 0.1) is 0 Å². The molecule has 1 unspecified atom stereocenters. The maximum absolute atomic E-state index is 13.9. The van der Waals surface area contributed by atoms with E-state index in [9.17, 15) is 4.39 Å². The first kappa shape index (κ1) is 9.66. The molecule has 1 aromatic rings. The molecule has 1 atom stereocenters. The van der Waals surface area contributed by atoms with Gasteiger partial charge in [-0.05, 0) is 43.5 Å². The standard InChI is InChI=1S/C12H16FN/c1-8-3-4-9(2)12(13)11(8)10-5-6-14-7-10/h3-4,10,14H,5-7H2,1-2H3. The highest BCUT2D eigenvalue weighted by molar-refractivity contribution is 5.35. The summed E-state index contributed by atoms with van der Waals surface area (Å²) >= 11 is 0. The topological polar surface area (TPSA) is 12.0 Å². The summed E-state index contributed by atoms with van der Waals surface area (Å²) in [5.41, 5.74) is 2.77. The van der Waals surface area contributed by atoms with Gasteiger partial charge in [0, 0.05) is 12.5 Å². The zero-order valence-corrected chi connectivity index (χ0v) is 8.73. The summed E-state index contributed by atoms with van der Waals surface area (Å²) in [6.45, 7) is 5.76. The predicted molar refractivity (Wildman–Crippen MR) is 56.1 cm³/mol. The Labute approximate surface area is 84.3 Å². The zero-order chi connectivity index (χ0) is 10.1. The monoisotopic (exact) mass is 193 g/mol. The molecule has 0 aliphatic carbocycles. The van der Waals surface area contributed by atoms with E-state index in [0.717, 1.165) is 36.2 Å². The van der Waals surface area contributed by atoms with Crippen molar-refractivity contribution in [1.29, 1.82) is 0 Å². The first-order valence-corrected chi connectivity index (χ1v) is 5.16. The average molecular weight is 193 g/mol. The smallest absolute Gasteiger partial charge is 0.129 e. The summed E-state index contributed by atoms with van der Waals surface area (Å²) in [5.74, 6) is 0.369. The summed E-state index contributed by atoms with van der Waals surface area (Å²) in [4.78, 5) is 0. The van der Waals surface area contributed by atoms with Crippen LogP contribution in [0.3, 0.4) is 0 Å². The molecule has 1 N–H and O–H groups in total. The Bertz CT molecular complexity index is 340. The van der Waals surface area contributed by atoms with Gasteiger partial charge in [-0.2, -0.15) is 0 Å². The predicted octanol–water partition coefficient (Wildman–Crippen LogP) is 2.52. The third-order valence-electron chi connectivity index (χ3n) is 3.06. The molecule has 1 nitrogen and oxygen atoms in total. The average Bonchev–Trinajstić information content (AvgIpc) is 2.65. The number of benzene rings is 1. The molecule has 14 heavy (non-hydrogen) atoms. The third-order valence-corrected chi connectivity index (χ3v) is 3.06. The summed E-state index contributed by atoms with van der Waals surface area (Å²) in [6.07, 6.45) is 1.06. The lowest BCUT2D eigenvalue weighted by atomic mass is 9.92. The Kier molecular flexibility index (Phi) is 2.55. The van der Waals surface area contributed by atoms with Gasteiger partial charge in [0.2, 0.25) is 0 Å².